The molecule has 0 bridgehead atoms. The minimum Gasteiger partial charge on any atom is -0.459 e. The number of rotatable bonds is 5. The normalized spacial score (nSPS) is 11.4. The second kappa shape index (κ2) is 5.28. The van der Waals surface area contributed by atoms with Gasteiger partial charge in [-0.3, -0.25) is 4.79 Å². The number of hydrogen-bond acceptors (Lipinski definition) is 4. The molecule has 1 aromatic rings. The highest BCUT2D eigenvalue weighted by molar-refractivity contribution is 7.09. The summed E-state index contributed by atoms with van der Waals surface area (Å²) in [7, 11) is 0. The van der Waals surface area contributed by atoms with Crippen LogP contribution in [-0.2, 0) is 16.1 Å². The molecule has 84 valence electrons. The van der Waals surface area contributed by atoms with Crippen LogP contribution in [0.1, 0.15) is 31.6 Å². The quantitative estimate of drug-likeness (QED) is 0.785. The summed E-state index contributed by atoms with van der Waals surface area (Å²) in [5, 5.41) is 1.96. The number of nitrogens with two attached hydrogens (primary N) is 1. The highest BCUT2D eigenvalue weighted by Crippen LogP contribution is 2.16. The third kappa shape index (κ3) is 3.04. The van der Waals surface area contributed by atoms with Crippen molar-refractivity contribution in [3.8, 4) is 0 Å². The lowest BCUT2D eigenvalue weighted by molar-refractivity contribution is -0.151. The van der Waals surface area contributed by atoms with Crippen LogP contribution < -0.4 is 5.73 Å². The van der Waals surface area contributed by atoms with Gasteiger partial charge in [0.1, 0.15) is 12.1 Å². The molecule has 0 atom stereocenters. The van der Waals surface area contributed by atoms with E-state index in [0.29, 0.717) is 19.4 Å². The van der Waals surface area contributed by atoms with Gasteiger partial charge in [-0.1, -0.05) is 19.9 Å². The fraction of sp³-hybridized carbons (Fsp3) is 0.545. The third-order valence-electron chi connectivity index (χ3n) is 2.59. The predicted molar refractivity (Wildman–Crippen MR) is 61.6 cm³/mol. The highest BCUT2D eigenvalue weighted by Gasteiger charge is 2.31. The van der Waals surface area contributed by atoms with Crippen LogP contribution in [0.15, 0.2) is 17.5 Å². The lowest BCUT2D eigenvalue weighted by atomic mass is 9.95. The minimum absolute atomic E-state index is 0.305. The molecule has 1 aromatic heterocycles. The first-order chi connectivity index (χ1) is 7.12. The Labute approximate surface area is 94.2 Å². The van der Waals surface area contributed by atoms with Crippen LogP contribution in [0.3, 0.4) is 0 Å². The second-order valence-corrected chi connectivity index (χ2v) is 4.55. The van der Waals surface area contributed by atoms with Crippen LogP contribution in [0.5, 0.6) is 0 Å². The molecule has 0 fully saturated rings. The Morgan fingerprint density at radius 2 is 2.20 bits per heavy atom. The van der Waals surface area contributed by atoms with Crippen molar-refractivity contribution in [2.24, 2.45) is 5.73 Å². The van der Waals surface area contributed by atoms with E-state index in [1.807, 2.05) is 31.4 Å². The van der Waals surface area contributed by atoms with Gasteiger partial charge in [0, 0.05) is 4.88 Å². The molecule has 0 unspecified atom stereocenters. The van der Waals surface area contributed by atoms with Crippen molar-refractivity contribution >= 4 is 17.3 Å². The summed E-state index contributed by atoms with van der Waals surface area (Å²) in [4.78, 5) is 12.7. The van der Waals surface area contributed by atoms with Crippen molar-refractivity contribution in [3.63, 3.8) is 0 Å². The van der Waals surface area contributed by atoms with Crippen molar-refractivity contribution < 1.29 is 9.53 Å². The van der Waals surface area contributed by atoms with E-state index in [1.54, 1.807) is 11.3 Å². The molecule has 0 aromatic carbocycles. The van der Waals surface area contributed by atoms with Crippen molar-refractivity contribution in [1.29, 1.82) is 0 Å². The van der Waals surface area contributed by atoms with Crippen LogP contribution in [0.25, 0.3) is 0 Å². The Bertz CT molecular complexity index is 304. The standard InChI is InChI=1S/C11H17NO2S/c1-3-11(12,4-2)10(13)14-8-9-6-5-7-15-9/h5-7H,3-4,8,12H2,1-2H3. The van der Waals surface area contributed by atoms with E-state index in [4.69, 9.17) is 10.5 Å². The maximum absolute atomic E-state index is 11.7. The van der Waals surface area contributed by atoms with E-state index in [1.165, 1.54) is 0 Å². The molecule has 0 saturated carbocycles. The lowest BCUT2D eigenvalue weighted by Crippen LogP contribution is -2.47. The summed E-state index contributed by atoms with van der Waals surface area (Å²) >= 11 is 1.57. The van der Waals surface area contributed by atoms with Gasteiger partial charge in [-0.05, 0) is 24.3 Å². The summed E-state index contributed by atoms with van der Waals surface area (Å²) in [5.41, 5.74) is 5.09. The molecule has 0 radical (unpaired) electrons. The molecule has 0 amide bonds. The van der Waals surface area contributed by atoms with E-state index in [2.05, 4.69) is 0 Å². The van der Waals surface area contributed by atoms with Crippen molar-refractivity contribution in [1.82, 2.24) is 0 Å². The summed E-state index contributed by atoms with van der Waals surface area (Å²) in [5.74, 6) is -0.305. The molecule has 15 heavy (non-hydrogen) atoms. The average molecular weight is 227 g/mol. The first-order valence-corrected chi connectivity index (χ1v) is 5.99. The Hall–Kier alpha value is -0.870. The third-order valence-corrected chi connectivity index (χ3v) is 3.44. The topological polar surface area (TPSA) is 52.3 Å². The Morgan fingerprint density at radius 1 is 1.53 bits per heavy atom. The molecule has 0 saturated heterocycles. The number of hydrogen-bond donors (Lipinski definition) is 1. The number of thiophene rings is 1. The Morgan fingerprint density at radius 3 is 2.67 bits per heavy atom. The van der Waals surface area contributed by atoms with E-state index >= 15 is 0 Å². The fourth-order valence-corrected chi connectivity index (χ4v) is 1.83. The van der Waals surface area contributed by atoms with Gasteiger partial charge in [0.25, 0.3) is 0 Å². The molecule has 0 aliphatic rings. The maximum Gasteiger partial charge on any atom is 0.326 e. The molecule has 1 heterocycles. The Kier molecular flexibility index (Phi) is 4.29. The summed E-state index contributed by atoms with van der Waals surface area (Å²) in [6.45, 7) is 4.13. The molecular formula is C11H17NO2S. The zero-order valence-electron chi connectivity index (χ0n) is 9.16. The predicted octanol–water partition coefficient (Wildman–Crippen LogP) is 2.31. The second-order valence-electron chi connectivity index (χ2n) is 3.52. The van der Waals surface area contributed by atoms with Crippen LogP contribution in [0.2, 0.25) is 0 Å². The molecule has 0 aliphatic carbocycles. The van der Waals surface area contributed by atoms with Crippen molar-refractivity contribution in [2.45, 2.75) is 38.8 Å². The number of carbonyl (C=O) groups is 1. The zero-order chi connectivity index (χ0) is 11.3. The maximum atomic E-state index is 11.7. The van der Waals surface area contributed by atoms with E-state index < -0.39 is 5.54 Å². The van der Waals surface area contributed by atoms with Gasteiger partial charge in [0.05, 0.1) is 0 Å². The smallest absolute Gasteiger partial charge is 0.326 e. The van der Waals surface area contributed by atoms with E-state index in [9.17, 15) is 4.79 Å². The van der Waals surface area contributed by atoms with E-state index in [0.717, 1.165) is 4.88 Å². The fourth-order valence-electron chi connectivity index (χ4n) is 1.21. The average Bonchev–Trinajstić information content (AvgIpc) is 2.77. The van der Waals surface area contributed by atoms with Crippen LogP contribution in [0.4, 0.5) is 0 Å². The largest absolute Gasteiger partial charge is 0.459 e. The van der Waals surface area contributed by atoms with Crippen molar-refractivity contribution in [3.05, 3.63) is 22.4 Å². The molecule has 2 N–H and O–H groups in total. The SMILES string of the molecule is CCC(N)(CC)C(=O)OCc1cccs1. The van der Waals surface area contributed by atoms with Gasteiger partial charge in [-0.25, -0.2) is 0 Å². The zero-order valence-corrected chi connectivity index (χ0v) is 9.97. The van der Waals surface area contributed by atoms with Crippen LogP contribution in [0, 0.1) is 0 Å². The van der Waals surface area contributed by atoms with Gasteiger partial charge >= 0.3 is 5.97 Å². The summed E-state index contributed by atoms with van der Waals surface area (Å²) in [6.07, 6.45) is 1.21. The number of esters is 1. The minimum atomic E-state index is -0.822. The lowest BCUT2D eigenvalue weighted by Gasteiger charge is -2.23. The molecular weight excluding hydrogens is 210 g/mol. The van der Waals surface area contributed by atoms with Gasteiger partial charge < -0.3 is 10.5 Å². The monoisotopic (exact) mass is 227 g/mol. The first-order valence-electron chi connectivity index (χ1n) is 5.11. The Balaban J connectivity index is 2.48. The summed E-state index contributed by atoms with van der Waals surface area (Å²) < 4.78 is 5.18. The molecule has 3 nitrogen and oxygen atoms in total. The molecule has 0 aliphatic heterocycles. The van der Waals surface area contributed by atoms with Crippen LogP contribution >= 0.6 is 11.3 Å². The highest BCUT2D eigenvalue weighted by atomic mass is 32.1. The van der Waals surface area contributed by atoms with E-state index in [-0.39, 0.29) is 5.97 Å². The number of ether oxygens (including phenoxy) is 1. The van der Waals surface area contributed by atoms with Gasteiger partial charge in [-0.15, -0.1) is 11.3 Å². The molecule has 1 rings (SSSR count). The van der Waals surface area contributed by atoms with Gasteiger partial charge in [-0.2, -0.15) is 0 Å². The summed E-state index contributed by atoms with van der Waals surface area (Å²) in [6, 6.07) is 3.87. The molecule has 4 heteroatoms. The molecule has 0 spiro atoms. The van der Waals surface area contributed by atoms with Gasteiger partial charge in [0.2, 0.25) is 0 Å². The van der Waals surface area contributed by atoms with Crippen LogP contribution in [-0.4, -0.2) is 11.5 Å². The van der Waals surface area contributed by atoms with Gasteiger partial charge in [0.15, 0.2) is 0 Å². The number of carbonyl (C=O) groups excluding carboxylic acids is 1. The first kappa shape index (κ1) is 12.2. The van der Waals surface area contributed by atoms with Crippen molar-refractivity contribution in [2.75, 3.05) is 0 Å².